The lowest BCUT2D eigenvalue weighted by molar-refractivity contribution is 0.444. The molecule has 0 spiro atoms. The summed E-state index contributed by atoms with van der Waals surface area (Å²) in [5, 5.41) is 0. The fraction of sp³-hybridized carbons (Fsp3) is 0.562. The van der Waals surface area contributed by atoms with Gasteiger partial charge in [0.1, 0.15) is 0 Å². The van der Waals surface area contributed by atoms with Gasteiger partial charge in [-0.3, -0.25) is 0 Å². The molecule has 0 aliphatic rings. The van der Waals surface area contributed by atoms with Crippen molar-refractivity contribution in [2.45, 2.75) is 118 Å². The maximum Gasteiger partial charge on any atom is 0.336 e. The fourth-order valence-corrected chi connectivity index (χ4v) is 4.97. The molecule has 2 rings (SSSR count). The molecule has 0 aliphatic heterocycles. The van der Waals surface area contributed by atoms with Crippen LogP contribution in [-0.4, -0.2) is 27.4 Å². The smallest absolute Gasteiger partial charge is 0.247 e. The minimum absolute atomic E-state index is 0.0475. The van der Waals surface area contributed by atoms with Gasteiger partial charge in [0.25, 0.3) is 0 Å². The summed E-state index contributed by atoms with van der Waals surface area (Å²) < 4.78 is 6.44. The molecule has 12 nitrogen and oxygen atoms in total. The van der Waals surface area contributed by atoms with E-state index in [1.165, 1.54) is 0 Å². The molecule has 0 unspecified atom stereocenters. The highest BCUT2D eigenvalue weighted by molar-refractivity contribution is 4.96. The summed E-state index contributed by atoms with van der Waals surface area (Å²) in [6.45, 7) is 22.7. The quantitative estimate of drug-likeness (QED) is 0.177. The highest BCUT2D eigenvalue weighted by atomic mass is 16.2. The summed E-state index contributed by atoms with van der Waals surface area (Å²) in [6.07, 6.45) is 6.60. The maximum atomic E-state index is 12.9. The van der Waals surface area contributed by atoms with Crippen LogP contribution < -0.4 is 34.1 Å². The number of nitrogens with zero attached hydrogens (tertiary/aromatic N) is 6. The average Bonchev–Trinajstić information content (AvgIpc) is 2.93. The standard InChI is InChI=1S/C32H48N6O6/c1-23(2)19-35-27(39)33(28(40)36(31(35)43)20-24(3)4)17-15-13-11-9-10-12-14-16-18-34-29(41)37(21-25(5)6)32(44)38(30(34)42)22-26(7)8/h1,3,5,7,9-22H2,2,4,6,8H3. The van der Waals surface area contributed by atoms with E-state index in [1.54, 1.807) is 27.7 Å². The first kappa shape index (κ1) is 36.0. The van der Waals surface area contributed by atoms with E-state index in [1.807, 2.05) is 0 Å². The van der Waals surface area contributed by atoms with Gasteiger partial charge in [0, 0.05) is 13.1 Å². The molecule has 0 amide bonds. The monoisotopic (exact) mass is 612 g/mol. The Bertz CT molecular complexity index is 1520. The molecule has 44 heavy (non-hydrogen) atoms. The molecule has 0 radical (unpaired) electrons. The molecule has 2 heterocycles. The van der Waals surface area contributed by atoms with Gasteiger partial charge in [-0.25, -0.2) is 56.2 Å². The highest BCUT2D eigenvalue weighted by Gasteiger charge is 2.17. The number of hydrogen-bond donors (Lipinski definition) is 0. The summed E-state index contributed by atoms with van der Waals surface area (Å²) in [4.78, 5) is 77.2. The summed E-state index contributed by atoms with van der Waals surface area (Å²) in [7, 11) is 0. The minimum atomic E-state index is -0.655. The molecule has 0 saturated carbocycles. The van der Waals surface area contributed by atoms with Crippen molar-refractivity contribution in [3.63, 3.8) is 0 Å². The van der Waals surface area contributed by atoms with Gasteiger partial charge in [-0.15, -0.1) is 0 Å². The second kappa shape index (κ2) is 16.6. The van der Waals surface area contributed by atoms with Crippen molar-refractivity contribution >= 4 is 0 Å². The van der Waals surface area contributed by atoms with E-state index in [-0.39, 0.29) is 39.3 Å². The van der Waals surface area contributed by atoms with Crippen molar-refractivity contribution in [2.75, 3.05) is 0 Å². The van der Waals surface area contributed by atoms with Gasteiger partial charge in [-0.2, -0.15) is 0 Å². The maximum absolute atomic E-state index is 12.9. The Morgan fingerprint density at radius 2 is 0.545 bits per heavy atom. The molecule has 0 N–H and O–H groups in total. The molecule has 2 aromatic rings. The van der Waals surface area contributed by atoms with E-state index in [0.717, 1.165) is 65.9 Å². The zero-order valence-electron chi connectivity index (χ0n) is 26.9. The largest absolute Gasteiger partial charge is 0.336 e. The van der Waals surface area contributed by atoms with Gasteiger partial charge in [0.05, 0.1) is 26.2 Å². The van der Waals surface area contributed by atoms with Crippen LogP contribution in [0.15, 0.2) is 77.4 Å². The van der Waals surface area contributed by atoms with Crippen LogP contribution in [0.5, 0.6) is 0 Å². The van der Waals surface area contributed by atoms with Crippen LogP contribution in [0.1, 0.15) is 79.1 Å². The summed E-state index contributed by atoms with van der Waals surface area (Å²) in [6, 6.07) is 0. The van der Waals surface area contributed by atoms with Crippen LogP contribution >= 0.6 is 0 Å². The first-order valence-corrected chi connectivity index (χ1v) is 15.1. The number of unbranched alkanes of at least 4 members (excludes halogenated alkanes) is 7. The molecule has 0 fully saturated rings. The van der Waals surface area contributed by atoms with Gasteiger partial charge >= 0.3 is 34.1 Å². The summed E-state index contributed by atoms with van der Waals surface area (Å²) in [5.41, 5.74) is -1.27. The van der Waals surface area contributed by atoms with Gasteiger partial charge < -0.3 is 0 Å². The Labute approximate surface area is 257 Å². The third-order valence-corrected chi connectivity index (χ3v) is 7.00. The summed E-state index contributed by atoms with van der Waals surface area (Å²) in [5.74, 6) is 0. The van der Waals surface area contributed by atoms with Crippen LogP contribution in [0.4, 0.5) is 0 Å². The number of aromatic nitrogens is 6. The number of allylic oxidation sites excluding steroid dienone is 4. The van der Waals surface area contributed by atoms with E-state index >= 15 is 0 Å². The van der Waals surface area contributed by atoms with Crippen molar-refractivity contribution in [1.29, 1.82) is 0 Å². The molecule has 0 aliphatic carbocycles. The van der Waals surface area contributed by atoms with Crippen molar-refractivity contribution < 1.29 is 0 Å². The number of rotatable bonds is 19. The SMILES string of the molecule is C=C(C)Cn1c(=O)n(CCCCCCCCCCn2c(=O)n(CC(=C)C)c(=O)n(CC(=C)C)c2=O)c(=O)n(CC(=C)C)c1=O. The van der Waals surface area contributed by atoms with Crippen molar-refractivity contribution in [2.24, 2.45) is 0 Å². The normalized spacial score (nSPS) is 11.1. The van der Waals surface area contributed by atoms with Gasteiger partial charge in [0.2, 0.25) is 0 Å². The second-order valence-corrected chi connectivity index (χ2v) is 12.0. The van der Waals surface area contributed by atoms with Crippen LogP contribution in [0, 0.1) is 0 Å². The van der Waals surface area contributed by atoms with E-state index in [2.05, 4.69) is 26.3 Å². The lowest BCUT2D eigenvalue weighted by atomic mass is 10.1. The molecule has 12 heteroatoms. The summed E-state index contributed by atoms with van der Waals surface area (Å²) >= 11 is 0. The van der Waals surface area contributed by atoms with Gasteiger partial charge in [0.15, 0.2) is 0 Å². The Balaban J connectivity index is 1.92. The van der Waals surface area contributed by atoms with Crippen LogP contribution in [-0.2, 0) is 39.3 Å². The molecule has 0 atom stereocenters. The second-order valence-electron chi connectivity index (χ2n) is 12.0. The van der Waals surface area contributed by atoms with Crippen LogP contribution in [0.25, 0.3) is 0 Å². The van der Waals surface area contributed by atoms with Crippen LogP contribution in [0.2, 0.25) is 0 Å². The Morgan fingerprint density at radius 1 is 0.364 bits per heavy atom. The predicted octanol–water partition coefficient (Wildman–Crippen LogP) is 2.78. The first-order chi connectivity index (χ1) is 20.7. The molecule has 0 bridgehead atoms. The average molecular weight is 613 g/mol. The van der Waals surface area contributed by atoms with E-state index in [0.29, 0.717) is 35.1 Å². The Kier molecular flexibility index (Phi) is 13.6. The predicted molar refractivity (Wildman–Crippen MR) is 175 cm³/mol. The molecule has 2 aromatic heterocycles. The lowest BCUT2D eigenvalue weighted by Crippen LogP contribution is -2.54. The topological polar surface area (TPSA) is 132 Å². The fourth-order valence-electron chi connectivity index (χ4n) is 4.97. The van der Waals surface area contributed by atoms with Gasteiger partial charge in [-0.05, 0) is 40.5 Å². The van der Waals surface area contributed by atoms with Crippen molar-refractivity contribution in [3.8, 4) is 0 Å². The molecule has 0 saturated heterocycles. The molecular formula is C32H48N6O6. The third-order valence-electron chi connectivity index (χ3n) is 7.00. The van der Waals surface area contributed by atoms with E-state index < -0.39 is 34.1 Å². The zero-order chi connectivity index (χ0) is 33.1. The van der Waals surface area contributed by atoms with Crippen LogP contribution in [0.3, 0.4) is 0 Å². The molecular weight excluding hydrogens is 564 g/mol. The Morgan fingerprint density at radius 3 is 0.750 bits per heavy atom. The highest BCUT2D eigenvalue weighted by Crippen LogP contribution is 2.09. The number of hydrogen-bond acceptors (Lipinski definition) is 6. The van der Waals surface area contributed by atoms with Crippen molar-refractivity contribution in [3.05, 3.63) is 112 Å². The first-order valence-electron chi connectivity index (χ1n) is 15.1. The lowest BCUT2D eigenvalue weighted by Gasteiger charge is -2.14. The molecule has 242 valence electrons. The van der Waals surface area contributed by atoms with Crippen molar-refractivity contribution in [1.82, 2.24) is 27.4 Å². The zero-order valence-corrected chi connectivity index (χ0v) is 26.9. The van der Waals surface area contributed by atoms with Gasteiger partial charge in [-0.1, -0.05) is 87.1 Å². The van der Waals surface area contributed by atoms with E-state index in [9.17, 15) is 28.8 Å². The third kappa shape index (κ3) is 9.65. The molecule has 0 aromatic carbocycles. The van der Waals surface area contributed by atoms with E-state index in [4.69, 9.17) is 0 Å². The minimum Gasteiger partial charge on any atom is -0.247 e. The Hall–Kier alpha value is -4.22.